The number of nitrogens with zero attached hydrogens (tertiary/aromatic N) is 2. The second kappa shape index (κ2) is 7.67. The molecule has 0 spiro atoms. The Labute approximate surface area is 144 Å². The van der Waals surface area contributed by atoms with Gasteiger partial charge in [-0.1, -0.05) is 23.9 Å². The Hall–Kier alpha value is -1.77. The van der Waals surface area contributed by atoms with E-state index in [-0.39, 0.29) is 18.1 Å². The van der Waals surface area contributed by atoms with Crippen molar-refractivity contribution in [1.29, 1.82) is 0 Å². The lowest BCUT2D eigenvalue weighted by Gasteiger charge is -1.99. The largest absolute Gasteiger partial charge is 0.302 e. The van der Waals surface area contributed by atoms with Gasteiger partial charge in [0.15, 0.2) is 5.13 Å². The van der Waals surface area contributed by atoms with Crippen molar-refractivity contribution in [3.05, 3.63) is 58.3 Å². The number of carbonyl (C=O) groups excluding carboxylic acids is 1. The predicted molar refractivity (Wildman–Crippen MR) is 92.5 cm³/mol. The van der Waals surface area contributed by atoms with Gasteiger partial charge in [-0.05, 0) is 17.7 Å². The van der Waals surface area contributed by atoms with Gasteiger partial charge in [-0.15, -0.1) is 22.7 Å². The SMILES string of the molecule is O=C(Cc1csc(SCc2ccc(F)cc2)n1)Nc1nccs1. The number of halogens is 1. The van der Waals surface area contributed by atoms with Gasteiger partial charge in [0.1, 0.15) is 10.2 Å². The molecule has 118 valence electrons. The number of thioether (sulfide) groups is 1. The molecule has 1 amide bonds. The van der Waals surface area contributed by atoms with E-state index in [1.807, 2.05) is 10.8 Å². The van der Waals surface area contributed by atoms with Crippen LogP contribution in [0.5, 0.6) is 0 Å². The van der Waals surface area contributed by atoms with Gasteiger partial charge >= 0.3 is 0 Å². The first-order valence-electron chi connectivity index (χ1n) is 6.70. The number of carbonyl (C=O) groups is 1. The summed E-state index contributed by atoms with van der Waals surface area (Å²) in [7, 11) is 0. The lowest BCUT2D eigenvalue weighted by atomic mass is 10.2. The first-order valence-corrected chi connectivity index (χ1v) is 9.44. The maximum atomic E-state index is 12.9. The summed E-state index contributed by atoms with van der Waals surface area (Å²) in [5.74, 6) is 0.361. The summed E-state index contributed by atoms with van der Waals surface area (Å²) in [6.45, 7) is 0. The van der Waals surface area contributed by atoms with Crippen LogP contribution in [0.4, 0.5) is 9.52 Å². The van der Waals surface area contributed by atoms with E-state index in [2.05, 4.69) is 15.3 Å². The lowest BCUT2D eigenvalue weighted by molar-refractivity contribution is -0.115. The van der Waals surface area contributed by atoms with E-state index in [9.17, 15) is 9.18 Å². The third kappa shape index (κ3) is 4.85. The van der Waals surface area contributed by atoms with E-state index in [4.69, 9.17) is 0 Å². The van der Waals surface area contributed by atoms with Crippen LogP contribution in [0, 0.1) is 5.82 Å². The van der Waals surface area contributed by atoms with Gasteiger partial charge in [0.25, 0.3) is 0 Å². The smallest absolute Gasteiger partial charge is 0.232 e. The second-order valence-corrected chi connectivity index (χ2v) is 7.56. The van der Waals surface area contributed by atoms with Crippen LogP contribution in [0.3, 0.4) is 0 Å². The molecule has 0 radical (unpaired) electrons. The topological polar surface area (TPSA) is 54.9 Å². The molecule has 4 nitrogen and oxygen atoms in total. The third-order valence-corrected chi connectivity index (χ3v) is 5.66. The zero-order chi connectivity index (χ0) is 16.1. The number of nitrogens with one attached hydrogen (secondary N) is 1. The molecule has 0 saturated carbocycles. The van der Waals surface area contributed by atoms with Crippen LogP contribution in [0.25, 0.3) is 0 Å². The highest BCUT2D eigenvalue weighted by molar-refractivity contribution is 8.00. The Morgan fingerprint density at radius 2 is 2.09 bits per heavy atom. The lowest BCUT2D eigenvalue weighted by Crippen LogP contribution is -2.14. The van der Waals surface area contributed by atoms with Crippen molar-refractivity contribution >= 4 is 45.5 Å². The molecule has 0 fully saturated rings. The summed E-state index contributed by atoms with van der Waals surface area (Å²) in [4.78, 5) is 20.3. The molecule has 0 saturated heterocycles. The van der Waals surface area contributed by atoms with E-state index in [0.717, 1.165) is 21.3 Å². The second-order valence-electron chi connectivity index (χ2n) is 4.58. The van der Waals surface area contributed by atoms with Crippen LogP contribution >= 0.6 is 34.4 Å². The minimum atomic E-state index is -0.235. The summed E-state index contributed by atoms with van der Waals surface area (Å²) in [6, 6.07) is 6.43. The van der Waals surface area contributed by atoms with E-state index < -0.39 is 0 Å². The van der Waals surface area contributed by atoms with Crippen molar-refractivity contribution in [2.24, 2.45) is 0 Å². The molecule has 1 aromatic carbocycles. The highest BCUT2D eigenvalue weighted by Crippen LogP contribution is 2.26. The first kappa shape index (κ1) is 16.1. The Kier molecular flexibility index (Phi) is 5.37. The molecule has 3 aromatic rings. The number of amides is 1. The number of anilines is 1. The first-order chi connectivity index (χ1) is 11.2. The number of benzene rings is 1. The Morgan fingerprint density at radius 3 is 2.83 bits per heavy atom. The highest BCUT2D eigenvalue weighted by atomic mass is 32.2. The molecule has 23 heavy (non-hydrogen) atoms. The fraction of sp³-hybridized carbons (Fsp3) is 0.133. The molecular formula is C15H12FN3OS3. The Bertz CT molecular complexity index is 772. The van der Waals surface area contributed by atoms with Gasteiger partial charge in [0.2, 0.25) is 5.91 Å². The van der Waals surface area contributed by atoms with Gasteiger partial charge in [0, 0.05) is 22.7 Å². The van der Waals surface area contributed by atoms with Gasteiger partial charge in [-0.3, -0.25) is 4.79 Å². The normalized spacial score (nSPS) is 10.7. The summed E-state index contributed by atoms with van der Waals surface area (Å²) >= 11 is 4.46. The molecule has 0 aliphatic carbocycles. The van der Waals surface area contributed by atoms with Crippen molar-refractivity contribution in [3.63, 3.8) is 0 Å². The minimum absolute atomic E-state index is 0.125. The molecular weight excluding hydrogens is 353 g/mol. The van der Waals surface area contributed by atoms with E-state index >= 15 is 0 Å². The summed E-state index contributed by atoms with van der Waals surface area (Å²) in [5, 5.41) is 7.02. The van der Waals surface area contributed by atoms with Crippen LogP contribution in [-0.4, -0.2) is 15.9 Å². The number of hydrogen-bond donors (Lipinski definition) is 1. The average molecular weight is 365 g/mol. The quantitative estimate of drug-likeness (QED) is 0.665. The van der Waals surface area contributed by atoms with Crippen LogP contribution in [0.15, 0.2) is 45.6 Å². The van der Waals surface area contributed by atoms with E-state index in [1.165, 1.54) is 34.8 Å². The van der Waals surface area contributed by atoms with Crippen molar-refractivity contribution < 1.29 is 9.18 Å². The number of thiazole rings is 2. The minimum Gasteiger partial charge on any atom is -0.302 e. The molecule has 0 bridgehead atoms. The summed E-state index contributed by atoms with van der Waals surface area (Å²) < 4.78 is 13.7. The highest BCUT2D eigenvalue weighted by Gasteiger charge is 2.09. The molecule has 1 N–H and O–H groups in total. The van der Waals surface area contributed by atoms with Crippen molar-refractivity contribution in [3.8, 4) is 0 Å². The third-order valence-electron chi connectivity index (χ3n) is 2.83. The van der Waals surface area contributed by atoms with Crippen molar-refractivity contribution in [1.82, 2.24) is 9.97 Å². The number of hydrogen-bond acceptors (Lipinski definition) is 6. The summed E-state index contributed by atoms with van der Waals surface area (Å²) in [6.07, 6.45) is 1.88. The molecule has 0 unspecified atom stereocenters. The average Bonchev–Trinajstić information content (AvgIpc) is 3.19. The van der Waals surface area contributed by atoms with Gasteiger partial charge in [-0.2, -0.15) is 0 Å². The van der Waals surface area contributed by atoms with E-state index in [0.29, 0.717) is 5.13 Å². The zero-order valence-corrected chi connectivity index (χ0v) is 14.3. The Morgan fingerprint density at radius 1 is 1.26 bits per heavy atom. The number of rotatable bonds is 6. The molecule has 3 rings (SSSR count). The van der Waals surface area contributed by atoms with Gasteiger partial charge < -0.3 is 5.32 Å². The predicted octanol–water partition coefficient (Wildman–Crippen LogP) is 4.21. The zero-order valence-electron chi connectivity index (χ0n) is 11.9. The standard InChI is InChI=1S/C15H12FN3OS3/c16-11-3-1-10(2-4-11)8-22-15-18-12(9-23-15)7-13(20)19-14-17-5-6-21-14/h1-6,9H,7-8H2,(H,17,19,20). The fourth-order valence-electron chi connectivity index (χ4n) is 1.77. The maximum absolute atomic E-state index is 12.9. The van der Waals surface area contributed by atoms with Gasteiger partial charge in [0.05, 0.1) is 12.1 Å². The van der Waals surface area contributed by atoms with Crippen LogP contribution in [-0.2, 0) is 17.0 Å². The molecule has 2 heterocycles. The summed E-state index contributed by atoms with van der Waals surface area (Å²) in [5.41, 5.74) is 1.78. The fourth-order valence-corrected chi connectivity index (χ4v) is 4.12. The molecule has 2 aromatic heterocycles. The van der Waals surface area contributed by atoms with Crippen LogP contribution in [0.1, 0.15) is 11.3 Å². The van der Waals surface area contributed by atoms with Crippen molar-refractivity contribution in [2.45, 2.75) is 16.5 Å². The van der Waals surface area contributed by atoms with Gasteiger partial charge in [-0.25, -0.2) is 14.4 Å². The maximum Gasteiger partial charge on any atom is 0.232 e. The van der Waals surface area contributed by atoms with Crippen molar-refractivity contribution in [2.75, 3.05) is 5.32 Å². The van der Waals surface area contributed by atoms with E-state index in [1.54, 1.807) is 30.1 Å². The molecule has 8 heteroatoms. The van der Waals surface area contributed by atoms with Crippen LogP contribution < -0.4 is 5.32 Å². The monoisotopic (exact) mass is 365 g/mol. The molecule has 0 aliphatic rings. The molecule has 0 atom stereocenters. The van der Waals surface area contributed by atoms with Crippen LogP contribution in [0.2, 0.25) is 0 Å². The number of aromatic nitrogens is 2. The Balaban J connectivity index is 1.51. The molecule has 0 aliphatic heterocycles.